The van der Waals surface area contributed by atoms with Crippen LogP contribution in [0.1, 0.15) is 36.2 Å². The van der Waals surface area contributed by atoms with Gasteiger partial charge in [0.15, 0.2) is 5.69 Å². The molecule has 2 atom stereocenters. The van der Waals surface area contributed by atoms with Gasteiger partial charge in [0.1, 0.15) is 0 Å². The molecule has 102 valence electrons. The van der Waals surface area contributed by atoms with Gasteiger partial charge in [0, 0.05) is 24.8 Å². The Morgan fingerprint density at radius 3 is 3.11 bits per heavy atom. The van der Waals surface area contributed by atoms with E-state index >= 15 is 0 Å². The SMILES string of the molecule is O=C(O)c1ncccc1NC1CCN2CCCCC12. The number of nitrogens with one attached hydrogen (secondary N) is 1. The lowest BCUT2D eigenvalue weighted by Crippen LogP contribution is -2.41. The fraction of sp³-hybridized carbons (Fsp3) is 0.571. The molecule has 0 saturated carbocycles. The minimum atomic E-state index is -0.971. The van der Waals surface area contributed by atoms with E-state index in [0.717, 1.165) is 13.0 Å². The number of carboxylic acid groups (broad SMARTS) is 1. The number of carbonyl (C=O) groups is 1. The predicted octanol–water partition coefficient (Wildman–Crippen LogP) is 1.82. The fourth-order valence-corrected chi connectivity index (χ4v) is 3.31. The summed E-state index contributed by atoms with van der Waals surface area (Å²) >= 11 is 0. The molecule has 0 radical (unpaired) electrons. The highest BCUT2D eigenvalue weighted by Gasteiger charge is 2.35. The van der Waals surface area contributed by atoms with E-state index in [-0.39, 0.29) is 5.69 Å². The summed E-state index contributed by atoms with van der Waals surface area (Å²) in [6, 6.07) is 4.49. The molecule has 0 aromatic carbocycles. The van der Waals surface area contributed by atoms with Gasteiger partial charge in [-0.25, -0.2) is 9.78 Å². The Morgan fingerprint density at radius 1 is 1.37 bits per heavy atom. The molecular weight excluding hydrogens is 242 g/mol. The summed E-state index contributed by atoms with van der Waals surface area (Å²) < 4.78 is 0. The second-order valence-corrected chi connectivity index (χ2v) is 5.34. The quantitative estimate of drug-likeness (QED) is 0.869. The zero-order valence-corrected chi connectivity index (χ0v) is 10.9. The first-order chi connectivity index (χ1) is 9.25. The number of piperidine rings is 1. The van der Waals surface area contributed by atoms with Crippen LogP contribution in [0.25, 0.3) is 0 Å². The number of rotatable bonds is 3. The van der Waals surface area contributed by atoms with Crippen molar-refractivity contribution in [1.82, 2.24) is 9.88 Å². The number of aromatic carboxylic acids is 1. The normalized spacial score (nSPS) is 26.9. The highest BCUT2D eigenvalue weighted by atomic mass is 16.4. The zero-order valence-electron chi connectivity index (χ0n) is 10.9. The molecule has 0 bridgehead atoms. The second-order valence-electron chi connectivity index (χ2n) is 5.34. The topological polar surface area (TPSA) is 65.5 Å². The maximum absolute atomic E-state index is 11.2. The van der Waals surface area contributed by atoms with Crippen LogP contribution in [0.15, 0.2) is 18.3 Å². The molecular formula is C14H19N3O2. The molecule has 5 heteroatoms. The largest absolute Gasteiger partial charge is 0.476 e. The molecule has 2 aliphatic heterocycles. The van der Waals surface area contributed by atoms with Gasteiger partial charge in [-0.05, 0) is 37.9 Å². The van der Waals surface area contributed by atoms with Crippen molar-refractivity contribution in [2.45, 2.75) is 37.8 Å². The van der Waals surface area contributed by atoms with Crippen LogP contribution in [0.5, 0.6) is 0 Å². The highest BCUT2D eigenvalue weighted by Crippen LogP contribution is 2.29. The lowest BCUT2D eigenvalue weighted by molar-refractivity contribution is 0.0691. The number of fused-ring (bicyclic) bond motifs is 1. The standard InChI is InChI=1S/C14H19N3O2/c18-14(19)13-11(4-3-7-15-13)16-10-6-9-17-8-2-1-5-12(10)17/h3-4,7,10,12,16H,1-2,5-6,8-9H2,(H,18,19). The molecule has 1 aromatic heterocycles. The molecule has 2 fully saturated rings. The number of carboxylic acids is 1. The van der Waals surface area contributed by atoms with Gasteiger partial charge in [-0.15, -0.1) is 0 Å². The van der Waals surface area contributed by atoms with E-state index in [1.54, 1.807) is 6.07 Å². The van der Waals surface area contributed by atoms with Crippen LogP contribution >= 0.6 is 0 Å². The fourth-order valence-electron chi connectivity index (χ4n) is 3.31. The first kappa shape index (κ1) is 12.4. The molecule has 2 aliphatic rings. The summed E-state index contributed by atoms with van der Waals surface area (Å²) in [5.41, 5.74) is 0.768. The smallest absolute Gasteiger partial charge is 0.356 e. The van der Waals surface area contributed by atoms with Crippen molar-refractivity contribution in [3.05, 3.63) is 24.0 Å². The molecule has 2 N–H and O–H groups in total. The van der Waals surface area contributed by atoms with E-state index in [0.29, 0.717) is 17.8 Å². The first-order valence-electron chi connectivity index (χ1n) is 6.94. The summed E-state index contributed by atoms with van der Waals surface area (Å²) in [4.78, 5) is 17.6. The molecule has 0 amide bonds. The molecule has 3 rings (SSSR count). The van der Waals surface area contributed by atoms with Crippen molar-refractivity contribution < 1.29 is 9.90 Å². The summed E-state index contributed by atoms with van der Waals surface area (Å²) in [5.74, 6) is -0.971. The molecule has 0 aliphatic carbocycles. The molecule has 5 nitrogen and oxygen atoms in total. The Hall–Kier alpha value is -1.62. The van der Waals surface area contributed by atoms with Gasteiger partial charge in [0.05, 0.1) is 5.69 Å². The van der Waals surface area contributed by atoms with Gasteiger partial charge in [-0.2, -0.15) is 0 Å². The van der Waals surface area contributed by atoms with Crippen molar-refractivity contribution in [2.75, 3.05) is 18.4 Å². The van der Waals surface area contributed by atoms with Gasteiger partial charge in [-0.3, -0.25) is 4.90 Å². The monoisotopic (exact) mass is 261 g/mol. The Balaban J connectivity index is 1.76. The van der Waals surface area contributed by atoms with Gasteiger partial charge in [0.25, 0.3) is 0 Å². The van der Waals surface area contributed by atoms with E-state index in [4.69, 9.17) is 5.11 Å². The molecule has 19 heavy (non-hydrogen) atoms. The minimum Gasteiger partial charge on any atom is -0.476 e. The van der Waals surface area contributed by atoms with E-state index in [1.807, 2.05) is 6.07 Å². The Kier molecular flexibility index (Phi) is 3.38. The lowest BCUT2D eigenvalue weighted by atomic mass is 9.99. The predicted molar refractivity (Wildman–Crippen MR) is 72.4 cm³/mol. The number of pyridine rings is 1. The maximum atomic E-state index is 11.2. The Bertz CT molecular complexity index is 478. The molecule has 0 spiro atoms. The third kappa shape index (κ3) is 2.42. The highest BCUT2D eigenvalue weighted by molar-refractivity contribution is 5.91. The van der Waals surface area contributed by atoms with E-state index in [1.165, 1.54) is 32.0 Å². The van der Waals surface area contributed by atoms with E-state index < -0.39 is 5.97 Å². The van der Waals surface area contributed by atoms with Crippen molar-refractivity contribution >= 4 is 11.7 Å². The van der Waals surface area contributed by atoms with Crippen LogP contribution < -0.4 is 5.32 Å². The molecule has 1 aromatic rings. The average Bonchev–Trinajstić information content (AvgIpc) is 2.83. The van der Waals surface area contributed by atoms with Crippen LogP contribution in [0.3, 0.4) is 0 Å². The van der Waals surface area contributed by atoms with Crippen LogP contribution in [-0.4, -0.2) is 46.1 Å². The van der Waals surface area contributed by atoms with Crippen LogP contribution in [0.4, 0.5) is 5.69 Å². The van der Waals surface area contributed by atoms with Crippen molar-refractivity contribution in [1.29, 1.82) is 0 Å². The summed E-state index contributed by atoms with van der Waals surface area (Å²) in [7, 11) is 0. The Labute approximate surface area is 112 Å². The minimum absolute atomic E-state index is 0.122. The van der Waals surface area contributed by atoms with Gasteiger partial charge in [-0.1, -0.05) is 6.42 Å². The lowest BCUT2D eigenvalue weighted by Gasteiger charge is -2.33. The summed E-state index contributed by atoms with van der Waals surface area (Å²) in [6.07, 6.45) is 6.38. The third-order valence-electron chi connectivity index (χ3n) is 4.21. The van der Waals surface area contributed by atoms with Gasteiger partial charge in [0.2, 0.25) is 0 Å². The zero-order chi connectivity index (χ0) is 13.2. The molecule has 3 heterocycles. The van der Waals surface area contributed by atoms with Crippen molar-refractivity contribution in [3.8, 4) is 0 Å². The van der Waals surface area contributed by atoms with Crippen LogP contribution in [-0.2, 0) is 0 Å². The number of anilines is 1. The Morgan fingerprint density at radius 2 is 2.26 bits per heavy atom. The molecule has 2 saturated heterocycles. The number of nitrogens with zero attached hydrogens (tertiary/aromatic N) is 2. The van der Waals surface area contributed by atoms with Crippen molar-refractivity contribution in [2.24, 2.45) is 0 Å². The average molecular weight is 261 g/mol. The number of aromatic nitrogens is 1. The van der Waals surface area contributed by atoms with E-state index in [9.17, 15) is 4.79 Å². The van der Waals surface area contributed by atoms with Crippen molar-refractivity contribution in [3.63, 3.8) is 0 Å². The summed E-state index contributed by atoms with van der Waals surface area (Å²) in [5, 5.41) is 12.6. The molecule has 2 unspecified atom stereocenters. The van der Waals surface area contributed by atoms with E-state index in [2.05, 4.69) is 15.2 Å². The van der Waals surface area contributed by atoms with Gasteiger partial charge >= 0.3 is 5.97 Å². The second kappa shape index (κ2) is 5.17. The third-order valence-corrected chi connectivity index (χ3v) is 4.21. The first-order valence-corrected chi connectivity index (χ1v) is 6.94. The van der Waals surface area contributed by atoms with Gasteiger partial charge < -0.3 is 10.4 Å². The number of hydrogen-bond donors (Lipinski definition) is 2. The van der Waals surface area contributed by atoms with Crippen LogP contribution in [0, 0.1) is 0 Å². The summed E-state index contributed by atoms with van der Waals surface area (Å²) in [6.45, 7) is 2.30. The maximum Gasteiger partial charge on any atom is 0.356 e. The van der Waals surface area contributed by atoms with Crippen LogP contribution in [0.2, 0.25) is 0 Å². The number of hydrogen-bond acceptors (Lipinski definition) is 4.